The summed E-state index contributed by atoms with van der Waals surface area (Å²) in [5.41, 5.74) is 0.960. The lowest BCUT2D eigenvalue weighted by Crippen LogP contribution is -2.25. The van der Waals surface area contributed by atoms with Gasteiger partial charge in [-0.2, -0.15) is 0 Å². The molecule has 1 heterocycles. The molecule has 120 valence electrons. The van der Waals surface area contributed by atoms with E-state index in [0.717, 1.165) is 5.56 Å². The molecular formula is C14H11Br2N3O3S. The molecule has 6 nitrogen and oxygen atoms in total. The number of carbonyl (C=O) groups is 1. The number of thiazole rings is 1. The summed E-state index contributed by atoms with van der Waals surface area (Å²) in [6.07, 6.45) is 0.701. The number of carbonyl (C=O) groups excluding carboxylic acids is 1. The van der Waals surface area contributed by atoms with Gasteiger partial charge in [-0.1, -0.05) is 31.9 Å². The smallest absolute Gasteiger partial charge is 0.269 e. The number of hydrogen-bond acceptors (Lipinski definition) is 5. The number of rotatable bonds is 4. The third kappa shape index (κ3) is 3.05. The van der Waals surface area contributed by atoms with Crippen LogP contribution in [0.5, 0.6) is 0 Å². The molecule has 1 N–H and O–H groups in total. The molecule has 0 aliphatic heterocycles. The summed E-state index contributed by atoms with van der Waals surface area (Å²) >= 11 is 8.25. The van der Waals surface area contributed by atoms with Crippen LogP contribution >= 0.6 is 43.2 Å². The summed E-state index contributed by atoms with van der Waals surface area (Å²) in [5, 5.41) is 15.8. The van der Waals surface area contributed by atoms with Crippen LogP contribution in [0.1, 0.15) is 13.3 Å². The highest BCUT2D eigenvalue weighted by Crippen LogP contribution is 2.66. The van der Waals surface area contributed by atoms with Gasteiger partial charge in [0.25, 0.3) is 5.69 Å². The molecule has 1 fully saturated rings. The first-order valence-electron chi connectivity index (χ1n) is 6.63. The van der Waals surface area contributed by atoms with Crippen LogP contribution in [0.4, 0.5) is 10.8 Å². The second-order valence-corrected chi connectivity index (χ2v) is 10.1. The second kappa shape index (κ2) is 5.64. The number of benzene rings is 1. The first-order valence-corrected chi connectivity index (χ1v) is 9.09. The Labute approximate surface area is 152 Å². The minimum atomic E-state index is -0.508. The van der Waals surface area contributed by atoms with Crippen LogP contribution in [0.15, 0.2) is 29.6 Å². The van der Waals surface area contributed by atoms with Gasteiger partial charge >= 0.3 is 0 Å². The Morgan fingerprint density at radius 2 is 2.00 bits per heavy atom. The number of nitrogens with one attached hydrogen (secondary N) is 1. The summed E-state index contributed by atoms with van der Waals surface area (Å²) in [6.45, 7) is 1.87. The molecule has 0 radical (unpaired) electrons. The molecule has 1 unspecified atom stereocenters. The molecule has 1 atom stereocenters. The SMILES string of the molecule is CC1(C(=O)Nc2nc(-c3ccc([N+](=O)[O-])cc3)cs2)CC1(Br)Br. The molecule has 9 heteroatoms. The van der Waals surface area contributed by atoms with Crippen LogP contribution in [0.3, 0.4) is 0 Å². The van der Waals surface area contributed by atoms with Crippen molar-refractivity contribution >= 4 is 59.9 Å². The van der Waals surface area contributed by atoms with Gasteiger partial charge in [0, 0.05) is 23.1 Å². The predicted molar refractivity (Wildman–Crippen MR) is 96.1 cm³/mol. The van der Waals surface area contributed by atoms with Crippen molar-refractivity contribution in [2.45, 2.75) is 16.6 Å². The number of hydrogen-bond donors (Lipinski definition) is 1. The Kier molecular flexibility index (Phi) is 4.06. The standard InChI is InChI=1S/C14H11Br2N3O3S/c1-13(7-14(13,15)16)11(20)18-12-17-10(6-23-12)8-2-4-9(5-3-8)19(21)22/h2-6H,7H2,1H3,(H,17,18,20). The van der Waals surface area contributed by atoms with Gasteiger partial charge in [0.1, 0.15) is 0 Å². The summed E-state index contributed by atoms with van der Waals surface area (Å²) in [5.74, 6) is -0.101. The van der Waals surface area contributed by atoms with E-state index >= 15 is 0 Å². The quantitative estimate of drug-likeness (QED) is 0.412. The van der Waals surface area contributed by atoms with Crippen LogP contribution < -0.4 is 5.32 Å². The van der Waals surface area contributed by atoms with Crippen LogP contribution in [0.2, 0.25) is 0 Å². The van der Waals surface area contributed by atoms with E-state index in [1.807, 2.05) is 12.3 Å². The fourth-order valence-corrected chi connectivity index (χ4v) is 4.30. The zero-order chi connectivity index (χ0) is 16.8. The summed E-state index contributed by atoms with van der Waals surface area (Å²) < 4.78 is -0.352. The van der Waals surface area contributed by atoms with Crippen molar-refractivity contribution < 1.29 is 9.72 Å². The van der Waals surface area contributed by atoms with Crippen molar-refractivity contribution in [2.75, 3.05) is 5.32 Å². The van der Waals surface area contributed by atoms with Gasteiger partial charge in [-0.25, -0.2) is 4.98 Å². The summed E-state index contributed by atoms with van der Waals surface area (Å²) in [7, 11) is 0. The molecule has 3 rings (SSSR count). The maximum atomic E-state index is 12.3. The Bertz CT molecular complexity index is 791. The van der Waals surface area contributed by atoms with E-state index in [1.165, 1.54) is 23.5 Å². The molecular weight excluding hydrogens is 450 g/mol. The van der Waals surface area contributed by atoms with Crippen molar-refractivity contribution in [1.82, 2.24) is 4.98 Å². The Morgan fingerprint density at radius 3 is 2.52 bits per heavy atom. The Hall–Kier alpha value is -1.32. The van der Waals surface area contributed by atoms with E-state index in [2.05, 4.69) is 42.2 Å². The fourth-order valence-electron chi connectivity index (χ4n) is 2.10. The largest absolute Gasteiger partial charge is 0.301 e. The number of nitro groups is 1. The molecule has 0 bridgehead atoms. The van der Waals surface area contributed by atoms with Crippen molar-refractivity contribution in [2.24, 2.45) is 5.41 Å². The predicted octanol–water partition coefficient (Wildman–Crippen LogP) is 4.55. The lowest BCUT2D eigenvalue weighted by atomic mass is 10.1. The van der Waals surface area contributed by atoms with Gasteiger partial charge in [-0.05, 0) is 25.5 Å². The summed E-state index contributed by atoms with van der Waals surface area (Å²) in [6, 6.07) is 6.15. The van der Waals surface area contributed by atoms with Crippen molar-refractivity contribution in [1.29, 1.82) is 0 Å². The number of amides is 1. The third-order valence-corrected chi connectivity index (χ3v) is 6.93. The van der Waals surface area contributed by atoms with Gasteiger partial charge in [0.05, 0.1) is 19.3 Å². The normalized spacial score (nSPS) is 21.7. The van der Waals surface area contributed by atoms with Gasteiger partial charge < -0.3 is 5.32 Å². The lowest BCUT2D eigenvalue weighted by molar-refractivity contribution is -0.384. The van der Waals surface area contributed by atoms with E-state index in [-0.39, 0.29) is 14.8 Å². The van der Waals surface area contributed by atoms with Gasteiger partial charge in [0.15, 0.2) is 5.13 Å². The van der Waals surface area contributed by atoms with Gasteiger partial charge in [0.2, 0.25) is 5.91 Å². The number of alkyl halides is 2. The van der Waals surface area contributed by atoms with E-state index in [0.29, 0.717) is 17.2 Å². The minimum Gasteiger partial charge on any atom is -0.301 e. The molecule has 2 aromatic rings. The number of non-ortho nitro benzene ring substituents is 1. The van der Waals surface area contributed by atoms with E-state index in [9.17, 15) is 14.9 Å². The zero-order valence-electron chi connectivity index (χ0n) is 11.9. The summed E-state index contributed by atoms with van der Waals surface area (Å²) in [4.78, 5) is 26.9. The lowest BCUT2D eigenvalue weighted by Gasteiger charge is -2.10. The van der Waals surface area contributed by atoms with Gasteiger partial charge in [-0.3, -0.25) is 14.9 Å². The van der Waals surface area contributed by atoms with Crippen molar-refractivity contribution in [3.63, 3.8) is 0 Å². The number of nitrogens with zero attached hydrogens (tertiary/aromatic N) is 2. The third-order valence-electron chi connectivity index (χ3n) is 3.86. The van der Waals surface area contributed by atoms with Gasteiger partial charge in [-0.15, -0.1) is 11.3 Å². The highest BCUT2D eigenvalue weighted by Gasteiger charge is 2.66. The molecule has 1 aliphatic rings. The number of nitro benzene ring substituents is 1. The van der Waals surface area contributed by atoms with Crippen LogP contribution in [-0.4, -0.2) is 19.0 Å². The molecule has 23 heavy (non-hydrogen) atoms. The fraction of sp³-hybridized carbons (Fsp3) is 0.286. The zero-order valence-corrected chi connectivity index (χ0v) is 15.9. The highest BCUT2D eigenvalue weighted by molar-refractivity contribution is 9.25. The molecule has 1 amide bonds. The van der Waals surface area contributed by atoms with E-state index in [4.69, 9.17) is 0 Å². The first-order chi connectivity index (χ1) is 10.7. The first kappa shape index (κ1) is 16.5. The maximum Gasteiger partial charge on any atom is 0.269 e. The number of aromatic nitrogens is 1. The molecule has 0 spiro atoms. The Balaban J connectivity index is 1.73. The van der Waals surface area contributed by atoms with Crippen LogP contribution in [-0.2, 0) is 4.79 Å². The average molecular weight is 461 g/mol. The second-order valence-electron chi connectivity index (χ2n) is 5.51. The average Bonchev–Trinajstić information content (AvgIpc) is 2.86. The van der Waals surface area contributed by atoms with E-state index in [1.54, 1.807) is 12.1 Å². The molecule has 1 aromatic heterocycles. The molecule has 0 saturated heterocycles. The van der Waals surface area contributed by atoms with E-state index < -0.39 is 10.3 Å². The minimum absolute atomic E-state index is 0.0325. The maximum absolute atomic E-state index is 12.3. The topological polar surface area (TPSA) is 85.1 Å². The van der Waals surface area contributed by atoms with Crippen LogP contribution in [0, 0.1) is 15.5 Å². The molecule has 1 saturated carbocycles. The van der Waals surface area contributed by atoms with Crippen molar-refractivity contribution in [3.05, 3.63) is 39.8 Å². The molecule has 1 aliphatic carbocycles. The van der Waals surface area contributed by atoms with Crippen LogP contribution in [0.25, 0.3) is 11.3 Å². The number of anilines is 1. The number of halogens is 2. The van der Waals surface area contributed by atoms with Crippen molar-refractivity contribution in [3.8, 4) is 11.3 Å². The Morgan fingerprint density at radius 1 is 1.39 bits per heavy atom. The highest BCUT2D eigenvalue weighted by atomic mass is 79.9. The monoisotopic (exact) mass is 459 g/mol. The molecule has 1 aromatic carbocycles.